The van der Waals surface area contributed by atoms with Gasteiger partial charge in [-0.3, -0.25) is 15.0 Å². The van der Waals surface area contributed by atoms with Crippen molar-refractivity contribution in [3.05, 3.63) is 259 Å². The summed E-state index contributed by atoms with van der Waals surface area (Å²) < 4.78 is 0. The van der Waals surface area contributed by atoms with Crippen molar-refractivity contribution in [1.82, 2.24) is 15.0 Å². The molecule has 0 aliphatic rings. The molecule has 7 aromatic carbocycles. The number of benzene rings is 7. The maximum atomic E-state index is 4.81. The molecule has 3 aromatic heterocycles. The monoisotopic (exact) mass is 821 g/mol. The van der Waals surface area contributed by atoms with Crippen molar-refractivity contribution in [3.63, 3.8) is 0 Å². The molecule has 0 amide bonds. The fourth-order valence-corrected chi connectivity index (χ4v) is 8.62. The zero-order valence-electron chi connectivity index (χ0n) is 35.7. The summed E-state index contributed by atoms with van der Waals surface area (Å²) in [5.41, 5.74) is 21.3. The minimum Gasteiger partial charge on any atom is -0.256 e. The minimum atomic E-state index is 0.946. The largest absolute Gasteiger partial charge is 0.256 e. The highest BCUT2D eigenvalue weighted by Gasteiger charge is 2.13. The average Bonchev–Trinajstić information content (AvgIpc) is 3.38. The van der Waals surface area contributed by atoms with Gasteiger partial charge in [0, 0.05) is 35.3 Å². The molecular formula is C61H47N3. The normalized spacial score (nSPS) is 11.1. The zero-order chi connectivity index (χ0) is 42.9. The summed E-state index contributed by atoms with van der Waals surface area (Å²) in [5.74, 6) is 0. The van der Waals surface area contributed by atoms with E-state index in [4.69, 9.17) is 4.98 Å². The van der Waals surface area contributed by atoms with Crippen molar-refractivity contribution in [3.8, 4) is 78.3 Å². The van der Waals surface area contributed by atoms with Crippen LogP contribution in [0.5, 0.6) is 0 Å². The van der Waals surface area contributed by atoms with E-state index in [2.05, 4.69) is 204 Å². The van der Waals surface area contributed by atoms with E-state index in [9.17, 15) is 0 Å². The fraction of sp³-hybridized carbons (Fsp3) is 0.0656. The van der Waals surface area contributed by atoms with Gasteiger partial charge in [-0.2, -0.15) is 0 Å². The van der Waals surface area contributed by atoms with Crippen molar-refractivity contribution in [2.24, 2.45) is 0 Å². The van der Waals surface area contributed by atoms with E-state index in [1.54, 1.807) is 0 Å². The number of aromatic nitrogens is 3. The van der Waals surface area contributed by atoms with E-state index in [0.29, 0.717) is 0 Å². The van der Waals surface area contributed by atoms with Gasteiger partial charge in [0.2, 0.25) is 0 Å². The van der Waals surface area contributed by atoms with Crippen LogP contribution in [-0.2, 0) is 25.7 Å². The molecule has 0 atom stereocenters. The van der Waals surface area contributed by atoms with Crippen LogP contribution < -0.4 is 0 Å². The van der Waals surface area contributed by atoms with E-state index >= 15 is 0 Å². The van der Waals surface area contributed by atoms with Crippen LogP contribution in [0.25, 0.3) is 78.3 Å². The molecule has 3 heteroatoms. The van der Waals surface area contributed by atoms with E-state index in [0.717, 1.165) is 65.0 Å². The molecule has 64 heavy (non-hydrogen) atoms. The van der Waals surface area contributed by atoms with Crippen LogP contribution in [0, 0.1) is 0 Å². The van der Waals surface area contributed by atoms with E-state index < -0.39 is 0 Å². The van der Waals surface area contributed by atoms with Gasteiger partial charge >= 0.3 is 0 Å². The number of hydrogen-bond donors (Lipinski definition) is 0. The highest BCUT2D eigenvalue weighted by atomic mass is 14.7. The lowest BCUT2D eigenvalue weighted by atomic mass is 9.90. The maximum Gasteiger partial charge on any atom is 0.0708 e. The average molecular weight is 822 g/mol. The molecule has 0 spiro atoms. The molecule has 0 saturated heterocycles. The molecule has 10 rings (SSSR count). The molecule has 10 aromatic rings. The summed E-state index contributed by atoms with van der Waals surface area (Å²) in [4.78, 5) is 13.9. The van der Waals surface area contributed by atoms with Gasteiger partial charge < -0.3 is 0 Å². The Balaban J connectivity index is 0.920. The smallest absolute Gasteiger partial charge is 0.0708 e. The van der Waals surface area contributed by atoms with Crippen LogP contribution in [-0.4, -0.2) is 15.0 Å². The van der Waals surface area contributed by atoms with Crippen molar-refractivity contribution in [1.29, 1.82) is 0 Å². The second kappa shape index (κ2) is 18.9. The van der Waals surface area contributed by atoms with E-state index in [-0.39, 0.29) is 0 Å². The first kappa shape index (κ1) is 40.1. The molecule has 0 N–H and O–H groups in total. The lowest BCUT2D eigenvalue weighted by Gasteiger charge is -2.15. The van der Waals surface area contributed by atoms with Gasteiger partial charge in [-0.15, -0.1) is 0 Å². The lowest BCUT2D eigenvalue weighted by Crippen LogP contribution is -1.98. The predicted octanol–water partition coefficient (Wildman–Crippen LogP) is 15.1. The third-order valence-corrected chi connectivity index (χ3v) is 12.1. The molecule has 3 heterocycles. The summed E-state index contributed by atoms with van der Waals surface area (Å²) in [6.45, 7) is 0. The summed E-state index contributed by atoms with van der Waals surface area (Å²) >= 11 is 0. The first-order chi connectivity index (χ1) is 31.7. The first-order valence-corrected chi connectivity index (χ1v) is 22.1. The Hall–Kier alpha value is -8.01. The Morgan fingerprint density at radius 1 is 0.219 bits per heavy atom. The van der Waals surface area contributed by atoms with Gasteiger partial charge in [-0.05, 0) is 135 Å². The van der Waals surface area contributed by atoms with Crippen LogP contribution >= 0.6 is 0 Å². The Kier molecular flexibility index (Phi) is 11.9. The quantitative estimate of drug-likeness (QED) is 0.116. The van der Waals surface area contributed by atoms with Crippen molar-refractivity contribution >= 4 is 0 Å². The van der Waals surface area contributed by atoms with Gasteiger partial charge in [0.1, 0.15) is 0 Å². The lowest BCUT2D eigenvalue weighted by molar-refractivity contribution is 0.931. The molecule has 0 unspecified atom stereocenters. The number of hydrogen-bond acceptors (Lipinski definition) is 3. The summed E-state index contributed by atoms with van der Waals surface area (Å²) in [5, 5.41) is 0. The van der Waals surface area contributed by atoms with Crippen LogP contribution in [0.2, 0.25) is 0 Å². The first-order valence-electron chi connectivity index (χ1n) is 22.1. The van der Waals surface area contributed by atoms with E-state index in [1.807, 2.05) is 42.9 Å². The van der Waals surface area contributed by atoms with Gasteiger partial charge in [-0.1, -0.05) is 176 Å². The van der Waals surface area contributed by atoms with Gasteiger partial charge in [0.05, 0.1) is 17.1 Å². The van der Waals surface area contributed by atoms with Gasteiger partial charge in [-0.25, -0.2) is 0 Å². The van der Waals surface area contributed by atoms with Crippen LogP contribution in [0.3, 0.4) is 0 Å². The van der Waals surface area contributed by atoms with Crippen LogP contribution in [0.15, 0.2) is 237 Å². The summed E-state index contributed by atoms with van der Waals surface area (Å²) in [6, 6.07) is 78.4. The Labute approximate surface area is 376 Å². The Morgan fingerprint density at radius 2 is 0.656 bits per heavy atom. The third-order valence-electron chi connectivity index (χ3n) is 12.1. The Morgan fingerprint density at radius 3 is 1.23 bits per heavy atom. The molecule has 0 aliphatic carbocycles. The van der Waals surface area contributed by atoms with Crippen molar-refractivity contribution in [2.45, 2.75) is 25.7 Å². The van der Waals surface area contributed by atoms with Crippen molar-refractivity contribution < 1.29 is 0 Å². The molecule has 0 radical (unpaired) electrons. The standard InChI is InChI=1S/C61H47N3/c1-2-11-48(12-3-1)53-13-10-14-54(42-53)55-35-38-64-61(43-55)52-33-31-49(32-34-52)57-15-4-5-16-58(57)56-40-46(21-19-44-23-27-50(28-24-44)59-17-6-8-36-62-59)39-47(41-56)22-20-45-25-29-51(30-26-45)60-18-7-9-37-63-60/h1-18,23-43H,19-22H2. The molecular weight excluding hydrogens is 775 g/mol. The van der Waals surface area contributed by atoms with E-state index in [1.165, 1.54) is 61.2 Å². The second-order valence-electron chi connectivity index (χ2n) is 16.4. The number of nitrogens with zero attached hydrogens (tertiary/aromatic N) is 3. The van der Waals surface area contributed by atoms with Gasteiger partial charge in [0.25, 0.3) is 0 Å². The fourth-order valence-electron chi connectivity index (χ4n) is 8.62. The van der Waals surface area contributed by atoms with Crippen molar-refractivity contribution in [2.75, 3.05) is 0 Å². The Bertz CT molecular complexity index is 3000. The topological polar surface area (TPSA) is 38.7 Å². The molecule has 3 nitrogen and oxygen atoms in total. The van der Waals surface area contributed by atoms with Gasteiger partial charge in [0.15, 0.2) is 0 Å². The summed E-state index contributed by atoms with van der Waals surface area (Å²) in [7, 11) is 0. The number of pyridine rings is 3. The summed E-state index contributed by atoms with van der Waals surface area (Å²) in [6.07, 6.45) is 9.42. The third kappa shape index (κ3) is 9.40. The highest BCUT2D eigenvalue weighted by molar-refractivity contribution is 5.85. The molecule has 0 bridgehead atoms. The molecule has 0 fully saturated rings. The molecule has 306 valence electrons. The minimum absolute atomic E-state index is 0.946. The van der Waals surface area contributed by atoms with Crippen LogP contribution in [0.4, 0.5) is 0 Å². The molecule has 0 aliphatic heterocycles. The highest BCUT2D eigenvalue weighted by Crippen LogP contribution is 2.36. The number of aryl methyl sites for hydroxylation is 4. The SMILES string of the molecule is c1ccc(-c2cccc(-c3ccnc(-c4ccc(-c5ccccc5-c5cc(CCc6ccc(-c7ccccn7)cc6)cc(CCc6ccc(-c7ccccn7)cc6)c5)cc4)c3)c2)cc1. The predicted molar refractivity (Wildman–Crippen MR) is 266 cm³/mol. The second-order valence-corrected chi connectivity index (χ2v) is 16.4. The maximum absolute atomic E-state index is 4.81. The molecule has 0 saturated carbocycles. The zero-order valence-corrected chi connectivity index (χ0v) is 35.7. The van der Waals surface area contributed by atoms with Crippen LogP contribution in [0.1, 0.15) is 22.3 Å². The number of rotatable bonds is 13.